The molecule has 1 atom stereocenters. The highest BCUT2D eigenvalue weighted by atomic mass is 35.5. The number of halogens is 1. The van der Waals surface area contributed by atoms with E-state index in [0.29, 0.717) is 10.7 Å². The van der Waals surface area contributed by atoms with E-state index in [1.54, 1.807) is 12.1 Å². The number of anilines is 1. The summed E-state index contributed by atoms with van der Waals surface area (Å²) in [6.07, 6.45) is 0.893. The molecule has 1 aromatic carbocycles. The van der Waals surface area contributed by atoms with E-state index in [-0.39, 0.29) is 16.7 Å². The molecule has 0 saturated heterocycles. The number of benzene rings is 1. The van der Waals surface area contributed by atoms with Crippen molar-refractivity contribution in [3.05, 3.63) is 23.2 Å². The Balaban J connectivity index is 2.66. The molecule has 106 valence electrons. The standard InChI is InChI=1S/C14H21ClN2OS/c1-5-14(3,4)17-13(18)9(2)19-10-6-7-12(16)11(15)8-10/h6-9H,5,16H2,1-4H3,(H,17,18). The van der Waals surface area contributed by atoms with Gasteiger partial charge in [-0.3, -0.25) is 4.79 Å². The van der Waals surface area contributed by atoms with Gasteiger partial charge in [0, 0.05) is 10.4 Å². The molecular formula is C14H21ClN2OS. The molecule has 19 heavy (non-hydrogen) atoms. The van der Waals surface area contributed by atoms with Crippen LogP contribution >= 0.6 is 23.4 Å². The molecule has 1 aromatic rings. The first-order valence-corrected chi connectivity index (χ1v) is 7.54. The minimum absolute atomic E-state index is 0.0322. The van der Waals surface area contributed by atoms with Crippen LogP contribution in [-0.2, 0) is 4.79 Å². The number of nitrogens with one attached hydrogen (secondary N) is 1. The lowest BCUT2D eigenvalue weighted by molar-refractivity contribution is -0.121. The first-order valence-electron chi connectivity index (χ1n) is 6.29. The summed E-state index contributed by atoms with van der Waals surface area (Å²) in [5.74, 6) is 0.0322. The molecule has 0 radical (unpaired) electrons. The van der Waals surface area contributed by atoms with E-state index in [1.165, 1.54) is 11.8 Å². The quantitative estimate of drug-likeness (QED) is 0.644. The molecule has 0 aliphatic carbocycles. The lowest BCUT2D eigenvalue weighted by Gasteiger charge is -2.26. The van der Waals surface area contributed by atoms with Crippen molar-refractivity contribution in [3.63, 3.8) is 0 Å². The van der Waals surface area contributed by atoms with Crippen LogP contribution < -0.4 is 11.1 Å². The molecule has 0 fully saturated rings. The average molecular weight is 301 g/mol. The number of rotatable bonds is 5. The molecule has 0 spiro atoms. The maximum absolute atomic E-state index is 12.1. The van der Waals surface area contributed by atoms with Gasteiger partial charge in [0.1, 0.15) is 0 Å². The van der Waals surface area contributed by atoms with Crippen LogP contribution in [-0.4, -0.2) is 16.7 Å². The fraction of sp³-hybridized carbons (Fsp3) is 0.500. The van der Waals surface area contributed by atoms with Gasteiger partial charge in [-0.05, 0) is 45.4 Å². The summed E-state index contributed by atoms with van der Waals surface area (Å²) in [4.78, 5) is 13.0. The van der Waals surface area contributed by atoms with Crippen molar-refractivity contribution in [2.45, 2.75) is 49.8 Å². The number of hydrogen-bond acceptors (Lipinski definition) is 3. The minimum Gasteiger partial charge on any atom is -0.398 e. The lowest BCUT2D eigenvalue weighted by atomic mass is 10.0. The number of hydrogen-bond donors (Lipinski definition) is 2. The second kappa shape index (κ2) is 6.53. The fourth-order valence-corrected chi connectivity index (χ4v) is 2.51. The zero-order valence-electron chi connectivity index (χ0n) is 11.8. The van der Waals surface area contributed by atoms with Crippen LogP contribution in [0.15, 0.2) is 23.1 Å². The van der Waals surface area contributed by atoms with E-state index in [2.05, 4.69) is 12.2 Å². The Labute approximate surface area is 124 Å². The van der Waals surface area contributed by atoms with E-state index in [1.807, 2.05) is 26.8 Å². The molecule has 0 bridgehead atoms. The van der Waals surface area contributed by atoms with E-state index in [9.17, 15) is 4.79 Å². The molecule has 0 aliphatic heterocycles. The van der Waals surface area contributed by atoms with Gasteiger partial charge in [0.15, 0.2) is 0 Å². The van der Waals surface area contributed by atoms with Crippen LogP contribution in [0.2, 0.25) is 5.02 Å². The zero-order valence-corrected chi connectivity index (χ0v) is 13.4. The van der Waals surface area contributed by atoms with Crippen molar-refractivity contribution in [1.82, 2.24) is 5.32 Å². The molecular weight excluding hydrogens is 280 g/mol. The number of amides is 1. The molecule has 0 aliphatic rings. The fourth-order valence-electron chi connectivity index (χ4n) is 1.36. The predicted molar refractivity (Wildman–Crippen MR) is 83.7 cm³/mol. The van der Waals surface area contributed by atoms with Crippen LogP contribution in [0.5, 0.6) is 0 Å². The largest absolute Gasteiger partial charge is 0.398 e. The number of carbonyl (C=O) groups is 1. The third-order valence-corrected chi connectivity index (χ3v) is 4.42. The van der Waals surface area contributed by atoms with Gasteiger partial charge in [0.2, 0.25) is 5.91 Å². The number of nitrogen functional groups attached to an aromatic ring is 1. The molecule has 3 nitrogen and oxygen atoms in total. The molecule has 1 rings (SSSR count). The van der Waals surface area contributed by atoms with Gasteiger partial charge in [-0.2, -0.15) is 0 Å². The highest BCUT2D eigenvalue weighted by molar-refractivity contribution is 8.00. The van der Waals surface area contributed by atoms with Crippen molar-refractivity contribution in [2.75, 3.05) is 5.73 Å². The van der Waals surface area contributed by atoms with Crippen molar-refractivity contribution in [2.24, 2.45) is 0 Å². The summed E-state index contributed by atoms with van der Waals surface area (Å²) in [5.41, 5.74) is 6.04. The van der Waals surface area contributed by atoms with E-state index in [0.717, 1.165) is 11.3 Å². The molecule has 5 heteroatoms. The van der Waals surface area contributed by atoms with Crippen LogP contribution in [0.1, 0.15) is 34.1 Å². The molecule has 3 N–H and O–H groups in total. The average Bonchev–Trinajstić information content (AvgIpc) is 2.33. The molecule has 0 heterocycles. The van der Waals surface area contributed by atoms with Crippen molar-refractivity contribution >= 4 is 35.0 Å². The Morgan fingerprint density at radius 3 is 2.68 bits per heavy atom. The second-order valence-corrected chi connectivity index (χ2v) is 6.99. The lowest BCUT2D eigenvalue weighted by Crippen LogP contribution is -2.46. The number of thioether (sulfide) groups is 1. The van der Waals surface area contributed by atoms with Crippen molar-refractivity contribution in [3.8, 4) is 0 Å². The van der Waals surface area contributed by atoms with E-state index >= 15 is 0 Å². The Hall–Kier alpha value is -0.870. The maximum Gasteiger partial charge on any atom is 0.233 e. The third kappa shape index (κ3) is 4.96. The number of carbonyl (C=O) groups excluding carboxylic acids is 1. The van der Waals surface area contributed by atoms with Crippen LogP contribution in [0.3, 0.4) is 0 Å². The predicted octanol–water partition coefficient (Wildman–Crippen LogP) is 3.71. The van der Waals surface area contributed by atoms with E-state index < -0.39 is 0 Å². The van der Waals surface area contributed by atoms with Gasteiger partial charge in [-0.15, -0.1) is 11.8 Å². The normalized spacial score (nSPS) is 13.1. The summed E-state index contributed by atoms with van der Waals surface area (Å²) in [5, 5.41) is 3.38. The van der Waals surface area contributed by atoms with Gasteiger partial charge in [0.05, 0.1) is 16.0 Å². The Morgan fingerprint density at radius 2 is 2.16 bits per heavy atom. The molecule has 1 unspecified atom stereocenters. The van der Waals surface area contributed by atoms with Crippen LogP contribution in [0.4, 0.5) is 5.69 Å². The molecule has 1 amide bonds. The second-order valence-electron chi connectivity index (χ2n) is 5.17. The van der Waals surface area contributed by atoms with Crippen molar-refractivity contribution in [1.29, 1.82) is 0 Å². The van der Waals surface area contributed by atoms with Gasteiger partial charge < -0.3 is 11.1 Å². The first-order chi connectivity index (χ1) is 8.75. The summed E-state index contributed by atoms with van der Waals surface area (Å²) in [6.45, 7) is 7.97. The zero-order chi connectivity index (χ0) is 14.6. The molecule has 0 saturated carbocycles. The third-order valence-electron chi connectivity index (χ3n) is 3.00. The first kappa shape index (κ1) is 16.2. The smallest absolute Gasteiger partial charge is 0.233 e. The van der Waals surface area contributed by atoms with Gasteiger partial charge in [-0.1, -0.05) is 18.5 Å². The van der Waals surface area contributed by atoms with Crippen LogP contribution in [0, 0.1) is 0 Å². The highest BCUT2D eigenvalue weighted by Gasteiger charge is 2.22. The topological polar surface area (TPSA) is 55.1 Å². The summed E-state index contributed by atoms with van der Waals surface area (Å²) >= 11 is 7.44. The monoisotopic (exact) mass is 300 g/mol. The summed E-state index contributed by atoms with van der Waals surface area (Å²) in [7, 11) is 0. The SMILES string of the molecule is CCC(C)(C)NC(=O)C(C)Sc1ccc(N)c(Cl)c1. The van der Waals surface area contributed by atoms with E-state index in [4.69, 9.17) is 17.3 Å². The highest BCUT2D eigenvalue weighted by Crippen LogP contribution is 2.29. The van der Waals surface area contributed by atoms with Gasteiger partial charge in [-0.25, -0.2) is 0 Å². The van der Waals surface area contributed by atoms with Gasteiger partial charge in [0.25, 0.3) is 0 Å². The summed E-state index contributed by atoms with van der Waals surface area (Å²) < 4.78 is 0. The minimum atomic E-state index is -0.176. The maximum atomic E-state index is 12.1. The Kier molecular flexibility index (Phi) is 5.56. The number of nitrogens with two attached hydrogens (primary N) is 1. The summed E-state index contributed by atoms with van der Waals surface area (Å²) in [6, 6.07) is 5.42. The van der Waals surface area contributed by atoms with Gasteiger partial charge >= 0.3 is 0 Å². The van der Waals surface area contributed by atoms with Crippen LogP contribution in [0.25, 0.3) is 0 Å². The Bertz CT molecular complexity index is 463. The molecule has 0 aromatic heterocycles. The Morgan fingerprint density at radius 1 is 1.53 bits per heavy atom. The van der Waals surface area contributed by atoms with Crippen molar-refractivity contribution < 1.29 is 4.79 Å².